The lowest BCUT2D eigenvalue weighted by atomic mass is 9.97. The van der Waals surface area contributed by atoms with Crippen LogP contribution in [0.1, 0.15) is 54.9 Å². The molecule has 0 aliphatic carbocycles. The summed E-state index contributed by atoms with van der Waals surface area (Å²) in [6, 6.07) is 7.42. The Morgan fingerprint density at radius 2 is 1.90 bits per heavy atom. The zero-order chi connectivity index (χ0) is 14.4. The van der Waals surface area contributed by atoms with E-state index < -0.39 is 0 Å². The second-order valence-corrected chi connectivity index (χ2v) is 5.62. The number of hydrogen-bond acceptors (Lipinski definition) is 3. The summed E-state index contributed by atoms with van der Waals surface area (Å²) >= 11 is 0. The molecule has 1 aliphatic heterocycles. The zero-order valence-electron chi connectivity index (χ0n) is 12.3. The van der Waals surface area contributed by atoms with Gasteiger partial charge in [0.25, 0.3) is 0 Å². The third-order valence-corrected chi connectivity index (χ3v) is 4.14. The Kier molecular flexibility index (Phi) is 5.74. The third-order valence-electron chi connectivity index (χ3n) is 4.14. The Bertz CT molecular complexity index is 421. The van der Waals surface area contributed by atoms with Crippen LogP contribution in [-0.4, -0.2) is 34.9 Å². The molecule has 20 heavy (non-hydrogen) atoms. The smallest absolute Gasteiger partial charge is 0.179 e. The van der Waals surface area contributed by atoms with E-state index in [2.05, 4.69) is 11.8 Å². The van der Waals surface area contributed by atoms with Gasteiger partial charge in [0.2, 0.25) is 0 Å². The number of nitrogens with zero attached hydrogens (tertiary/aromatic N) is 1. The van der Waals surface area contributed by atoms with E-state index in [-0.39, 0.29) is 18.4 Å². The van der Waals surface area contributed by atoms with Crippen LogP contribution in [0.4, 0.5) is 0 Å². The molecule has 1 atom stereocenters. The van der Waals surface area contributed by atoms with Gasteiger partial charge in [-0.1, -0.05) is 44.0 Å². The van der Waals surface area contributed by atoms with Crippen LogP contribution < -0.4 is 0 Å². The average Bonchev–Trinajstić information content (AvgIpc) is 3.01. The first-order valence-corrected chi connectivity index (χ1v) is 7.74. The highest BCUT2D eigenvalue weighted by Crippen LogP contribution is 2.20. The third kappa shape index (κ3) is 3.68. The van der Waals surface area contributed by atoms with Crippen molar-refractivity contribution in [1.29, 1.82) is 0 Å². The number of hydrogen-bond donors (Lipinski definition) is 1. The molecule has 1 heterocycles. The summed E-state index contributed by atoms with van der Waals surface area (Å²) in [5, 5.41) is 9.07. The van der Waals surface area contributed by atoms with Gasteiger partial charge in [0, 0.05) is 5.56 Å². The molecule has 0 saturated carbocycles. The second-order valence-electron chi connectivity index (χ2n) is 5.62. The summed E-state index contributed by atoms with van der Waals surface area (Å²) < 4.78 is 0. The first-order valence-electron chi connectivity index (χ1n) is 7.74. The average molecular weight is 275 g/mol. The van der Waals surface area contributed by atoms with E-state index in [9.17, 15) is 4.79 Å². The van der Waals surface area contributed by atoms with Crippen molar-refractivity contribution in [2.24, 2.45) is 0 Å². The van der Waals surface area contributed by atoms with E-state index in [1.54, 1.807) is 0 Å². The topological polar surface area (TPSA) is 40.5 Å². The fraction of sp³-hybridized carbons (Fsp3) is 0.588. The number of Topliss-reactive ketones (excluding diaryl/α,β-unsaturated/α-hetero) is 1. The molecule has 0 amide bonds. The minimum absolute atomic E-state index is 0.0276. The highest BCUT2D eigenvalue weighted by Gasteiger charge is 2.28. The summed E-state index contributed by atoms with van der Waals surface area (Å²) in [5.74, 6) is 0.241. The molecule has 0 spiro atoms. The molecule has 0 bridgehead atoms. The van der Waals surface area contributed by atoms with Crippen molar-refractivity contribution in [3.8, 4) is 0 Å². The number of carbonyl (C=O) groups is 1. The van der Waals surface area contributed by atoms with Crippen LogP contribution in [0.15, 0.2) is 24.3 Å². The summed E-state index contributed by atoms with van der Waals surface area (Å²) in [6.07, 6.45) is 5.60. The van der Waals surface area contributed by atoms with Crippen molar-refractivity contribution in [2.75, 3.05) is 13.1 Å². The van der Waals surface area contributed by atoms with Gasteiger partial charge in [-0.25, -0.2) is 0 Å². The monoisotopic (exact) mass is 275 g/mol. The van der Waals surface area contributed by atoms with Gasteiger partial charge in [-0.15, -0.1) is 0 Å². The van der Waals surface area contributed by atoms with Crippen molar-refractivity contribution in [3.05, 3.63) is 35.4 Å². The number of aliphatic hydroxyl groups excluding tert-OH is 1. The van der Waals surface area contributed by atoms with Crippen LogP contribution in [-0.2, 0) is 6.61 Å². The van der Waals surface area contributed by atoms with Crippen LogP contribution >= 0.6 is 0 Å². The number of carbonyl (C=O) groups excluding carboxylic acids is 1. The molecule has 1 aliphatic rings. The Morgan fingerprint density at radius 3 is 2.45 bits per heavy atom. The SMILES string of the molecule is CCCCC(C(=O)c1ccc(CO)cc1)N1CCCC1. The maximum atomic E-state index is 12.7. The second kappa shape index (κ2) is 7.55. The molecule has 1 aromatic carbocycles. The molecule has 1 unspecified atom stereocenters. The van der Waals surface area contributed by atoms with Crippen LogP contribution in [0.5, 0.6) is 0 Å². The molecule has 3 nitrogen and oxygen atoms in total. The molecule has 3 heteroatoms. The standard InChI is InChI=1S/C17H25NO2/c1-2-3-6-16(18-11-4-5-12-18)17(20)15-9-7-14(13-19)8-10-15/h7-10,16,19H,2-6,11-13H2,1H3. The molecule has 0 aromatic heterocycles. The molecule has 1 N–H and O–H groups in total. The lowest BCUT2D eigenvalue weighted by Gasteiger charge is -2.26. The first kappa shape index (κ1) is 15.2. The number of unbranched alkanes of at least 4 members (excludes halogenated alkanes) is 1. The van der Waals surface area contributed by atoms with Gasteiger partial charge in [-0.3, -0.25) is 9.69 Å². The minimum atomic E-state index is 0.0276. The minimum Gasteiger partial charge on any atom is -0.392 e. The van der Waals surface area contributed by atoms with Crippen LogP contribution in [0.3, 0.4) is 0 Å². The summed E-state index contributed by atoms with van der Waals surface area (Å²) in [6.45, 7) is 4.30. The fourth-order valence-electron chi connectivity index (χ4n) is 2.90. The van der Waals surface area contributed by atoms with Gasteiger partial charge in [-0.05, 0) is 37.9 Å². The predicted molar refractivity (Wildman–Crippen MR) is 80.8 cm³/mol. The van der Waals surface area contributed by atoms with Gasteiger partial charge in [0.1, 0.15) is 0 Å². The Balaban J connectivity index is 2.11. The molecule has 2 rings (SSSR count). The quantitative estimate of drug-likeness (QED) is 0.778. The zero-order valence-corrected chi connectivity index (χ0v) is 12.3. The number of benzene rings is 1. The summed E-state index contributed by atoms with van der Waals surface area (Å²) in [4.78, 5) is 15.1. The number of aliphatic hydroxyl groups is 1. The fourth-order valence-corrected chi connectivity index (χ4v) is 2.90. The van der Waals surface area contributed by atoms with Crippen molar-refractivity contribution >= 4 is 5.78 Å². The van der Waals surface area contributed by atoms with E-state index in [1.165, 1.54) is 12.8 Å². The van der Waals surface area contributed by atoms with Crippen molar-refractivity contribution in [2.45, 2.75) is 51.7 Å². The molecule has 0 radical (unpaired) electrons. The van der Waals surface area contributed by atoms with Crippen molar-refractivity contribution < 1.29 is 9.90 Å². The molecule has 1 saturated heterocycles. The van der Waals surface area contributed by atoms with Crippen molar-refractivity contribution in [3.63, 3.8) is 0 Å². The summed E-state index contributed by atoms with van der Waals surface area (Å²) in [7, 11) is 0. The Morgan fingerprint density at radius 1 is 1.25 bits per heavy atom. The lowest BCUT2D eigenvalue weighted by molar-refractivity contribution is 0.0835. The highest BCUT2D eigenvalue weighted by molar-refractivity contribution is 6.00. The van der Waals surface area contributed by atoms with Gasteiger partial charge in [0.05, 0.1) is 12.6 Å². The van der Waals surface area contributed by atoms with Gasteiger partial charge < -0.3 is 5.11 Å². The number of ketones is 1. The van der Waals surface area contributed by atoms with Crippen LogP contribution in [0, 0.1) is 0 Å². The van der Waals surface area contributed by atoms with E-state index in [4.69, 9.17) is 5.11 Å². The maximum Gasteiger partial charge on any atom is 0.179 e. The van der Waals surface area contributed by atoms with Gasteiger partial charge in [0.15, 0.2) is 5.78 Å². The summed E-state index contributed by atoms with van der Waals surface area (Å²) in [5.41, 5.74) is 1.63. The Hall–Kier alpha value is -1.19. The number of rotatable bonds is 7. The predicted octanol–water partition coefficient (Wildman–Crippen LogP) is 3.02. The van der Waals surface area contributed by atoms with Crippen LogP contribution in [0.25, 0.3) is 0 Å². The molecule has 1 aromatic rings. The maximum absolute atomic E-state index is 12.7. The van der Waals surface area contributed by atoms with Crippen LogP contribution in [0.2, 0.25) is 0 Å². The normalized spacial score (nSPS) is 17.3. The first-order chi connectivity index (χ1) is 9.76. The van der Waals surface area contributed by atoms with Gasteiger partial charge >= 0.3 is 0 Å². The largest absolute Gasteiger partial charge is 0.392 e. The van der Waals surface area contributed by atoms with Gasteiger partial charge in [-0.2, -0.15) is 0 Å². The molecular formula is C17H25NO2. The van der Waals surface area contributed by atoms with E-state index in [0.717, 1.165) is 43.5 Å². The molecule has 110 valence electrons. The van der Waals surface area contributed by atoms with Crippen molar-refractivity contribution in [1.82, 2.24) is 4.90 Å². The lowest BCUT2D eigenvalue weighted by Crippen LogP contribution is -2.39. The van der Waals surface area contributed by atoms with E-state index >= 15 is 0 Å². The number of likely N-dealkylation sites (tertiary alicyclic amines) is 1. The Labute approximate surface area is 121 Å². The molecule has 1 fully saturated rings. The van der Waals surface area contributed by atoms with E-state index in [1.807, 2.05) is 24.3 Å². The van der Waals surface area contributed by atoms with E-state index in [0.29, 0.717) is 0 Å². The molecular weight excluding hydrogens is 250 g/mol. The highest BCUT2D eigenvalue weighted by atomic mass is 16.3.